The van der Waals surface area contributed by atoms with Crippen LogP contribution in [0.15, 0.2) is 29.2 Å². The van der Waals surface area contributed by atoms with Crippen molar-refractivity contribution in [1.82, 2.24) is 4.90 Å². The monoisotopic (exact) mass is 404 g/mol. The summed E-state index contributed by atoms with van der Waals surface area (Å²) < 4.78 is 5.01. The molecule has 144 valence electrons. The molecule has 0 aliphatic carbocycles. The predicted molar refractivity (Wildman–Crippen MR) is 111 cm³/mol. The molecule has 1 N–H and O–H groups in total. The van der Waals surface area contributed by atoms with E-state index in [2.05, 4.69) is 17.1 Å². The van der Waals surface area contributed by atoms with Crippen LogP contribution in [0, 0.1) is 0 Å². The Balaban J connectivity index is 1.93. The molecule has 27 heavy (non-hydrogen) atoms. The number of carbonyl (C=O) groups excluding carboxylic acids is 2. The summed E-state index contributed by atoms with van der Waals surface area (Å²) in [5.74, 6) is -0.584. The van der Waals surface area contributed by atoms with Crippen molar-refractivity contribution in [3.05, 3.63) is 45.8 Å². The van der Waals surface area contributed by atoms with Crippen molar-refractivity contribution in [3.63, 3.8) is 0 Å². The number of carbonyl (C=O) groups is 2. The number of thiophene rings is 1. The highest BCUT2D eigenvalue weighted by Gasteiger charge is 2.29. The average molecular weight is 405 g/mol. The van der Waals surface area contributed by atoms with Gasteiger partial charge in [0.2, 0.25) is 0 Å². The molecule has 0 atom stereocenters. The Morgan fingerprint density at radius 3 is 2.81 bits per heavy atom. The van der Waals surface area contributed by atoms with Crippen molar-refractivity contribution in [3.8, 4) is 0 Å². The normalized spacial score (nSPS) is 13.9. The van der Waals surface area contributed by atoms with Crippen molar-refractivity contribution in [2.45, 2.75) is 31.2 Å². The first-order valence-corrected chi connectivity index (χ1v) is 11.0. The second-order valence-corrected chi connectivity index (χ2v) is 8.33. The summed E-state index contributed by atoms with van der Waals surface area (Å²) in [6.45, 7) is 4.94. The van der Waals surface area contributed by atoms with Crippen LogP contribution in [0.5, 0.6) is 0 Å². The number of nitrogens with one attached hydrogen (secondary N) is 1. The van der Waals surface area contributed by atoms with Crippen LogP contribution in [0.25, 0.3) is 0 Å². The van der Waals surface area contributed by atoms with Gasteiger partial charge >= 0.3 is 5.97 Å². The minimum absolute atomic E-state index is 0.200. The van der Waals surface area contributed by atoms with Gasteiger partial charge in [0.1, 0.15) is 5.00 Å². The topological polar surface area (TPSA) is 58.6 Å². The van der Waals surface area contributed by atoms with Crippen molar-refractivity contribution in [1.29, 1.82) is 0 Å². The Labute approximate surface area is 168 Å². The minimum atomic E-state index is -0.384. The molecule has 2 heterocycles. The highest BCUT2D eigenvalue weighted by atomic mass is 32.2. The molecule has 3 rings (SSSR count). The summed E-state index contributed by atoms with van der Waals surface area (Å²) in [4.78, 5) is 29.7. The van der Waals surface area contributed by atoms with Crippen molar-refractivity contribution < 1.29 is 14.3 Å². The van der Waals surface area contributed by atoms with Gasteiger partial charge in [0, 0.05) is 22.9 Å². The maximum absolute atomic E-state index is 12.9. The van der Waals surface area contributed by atoms with Crippen LogP contribution in [0.3, 0.4) is 0 Å². The third kappa shape index (κ3) is 4.20. The van der Waals surface area contributed by atoms with Crippen LogP contribution >= 0.6 is 23.1 Å². The number of esters is 1. The third-order valence-electron chi connectivity index (χ3n) is 4.64. The summed E-state index contributed by atoms with van der Waals surface area (Å²) in [6.07, 6.45) is 3.84. The van der Waals surface area contributed by atoms with E-state index in [0.717, 1.165) is 47.8 Å². The summed E-state index contributed by atoms with van der Waals surface area (Å²) in [5, 5.41) is 3.56. The van der Waals surface area contributed by atoms with Crippen molar-refractivity contribution in [2.75, 3.05) is 31.8 Å². The number of amides is 1. The lowest BCUT2D eigenvalue weighted by molar-refractivity contribution is 0.0600. The first-order chi connectivity index (χ1) is 13.1. The number of nitrogens with zero attached hydrogens (tertiary/aromatic N) is 1. The molecular weight excluding hydrogens is 380 g/mol. The first-order valence-electron chi connectivity index (χ1n) is 8.98. The van der Waals surface area contributed by atoms with Gasteiger partial charge in [-0.3, -0.25) is 9.69 Å². The van der Waals surface area contributed by atoms with Gasteiger partial charge in [0.25, 0.3) is 5.91 Å². The molecule has 1 aliphatic heterocycles. The van der Waals surface area contributed by atoms with E-state index in [1.54, 1.807) is 6.07 Å². The van der Waals surface area contributed by atoms with E-state index in [1.807, 2.05) is 24.5 Å². The van der Waals surface area contributed by atoms with E-state index in [-0.39, 0.29) is 11.9 Å². The SMILES string of the molecule is CCCN1CCc2c(sc(NC(=O)c3ccccc3SC)c2C(=O)OC)C1. The fraction of sp³-hybridized carbons (Fsp3) is 0.400. The number of anilines is 1. The number of ether oxygens (including phenoxy) is 1. The molecule has 0 radical (unpaired) electrons. The van der Waals surface area contributed by atoms with Gasteiger partial charge in [-0.15, -0.1) is 23.1 Å². The van der Waals surface area contributed by atoms with Gasteiger partial charge < -0.3 is 10.1 Å². The minimum Gasteiger partial charge on any atom is -0.465 e. The molecule has 7 heteroatoms. The van der Waals surface area contributed by atoms with Gasteiger partial charge in [0.15, 0.2) is 0 Å². The van der Waals surface area contributed by atoms with Gasteiger partial charge in [-0.1, -0.05) is 19.1 Å². The van der Waals surface area contributed by atoms with Gasteiger partial charge in [-0.25, -0.2) is 4.79 Å². The molecule has 1 aromatic carbocycles. The molecule has 1 aliphatic rings. The fourth-order valence-corrected chi connectivity index (χ4v) is 5.24. The number of hydrogen-bond donors (Lipinski definition) is 1. The quantitative estimate of drug-likeness (QED) is 0.575. The van der Waals surface area contributed by atoms with Crippen molar-refractivity contribution in [2.24, 2.45) is 0 Å². The zero-order valence-electron chi connectivity index (χ0n) is 15.8. The summed E-state index contributed by atoms with van der Waals surface area (Å²) >= 11 is 3.02. The van der Waals surface area contributed by atoms with E-state index in [0.29, 0.717) is 16.1 Å². The molecule has 5 nitrogen and oxygen atoms in total. The summed E-state index contributed by atoms with van der Waals surface area (Å²) in [7, 11) is 1.38. The Morgan fingerprint density at radius 2 is 2.11 bits per heavy atom. The van der Waals surface area contributed by atoms with Crippen molar-refractivity contribution >= 4 is 40.0 Å². The van der Waals surface area contributed by atoms with E-state index in [1.165, 1.54) is 30.2 Å². The standard InChI is InChI=1S/C20H24N2O3S2/c1-4-10-22-11-9-13-16(12-22)27-19(17(13)20(24)25-2)21-18(23)14-7-5-6-8-15(14)26-3/h5-8H,4,9-12H2,1-3H3,(H,21,23). The second-order valence-electron chi connectivity index (χ2n) is 6.38. The number of rotatable bonds is 6. The fourth-order valence-electron chi connectivity index (χ4n) is 3.37. The van der Waals surface area contributed by atoms with E-state index in [4.69, 9.17) is 4.74 Å². The largest absolute Gasteiger partial charge is 0.465 e. The molecule has 0 saturated carbocycles. The van der Waals surface area contributed by atoms with E-state index in [9.17, 15) is 9.59 Å². The Kier molecular flexibility index (Phi) is 6.57. The maximum Gasteiger partial charge on any atom is 0.341 e. The number of thioether (sulfide) groups is 1. The smallest absolute Gasteiger partial charge is 0.341 e. The zero-order valence-corrected chi connectivity index (χ0v) is 17.5. The highest BCUT2D eigenvalue weighted by Crippen LogP contribution is 2.38. The molecule has 0 bridgehead atoms. The number of benzene rings is 1. The first kappa shape index (κ1) is 19.9. The van der Waals surface area contributed by atoms with E-state index >= 15 is 0 Å². The van der Waals surface area contributed by atoms with Crippen LogP contribution in [-0.2, 0) is 17.7 Å². The number of methoxy groups -OCH3 is 1. The van der Waals surface area contributed by atoms with Crippen LogP contribution in [0.1, 0.15) is 44.5 Å². The lowest BCUT2D eigenvalue weighted by Crippen LogP contribution is -2.30. The molecule has 1 aromatic heterocycles. The maximum atomic E-state index is 12.9. The lowest BCUT2D eigenvalue weighted by atomic mass is 10.0. The molecule has 2 aromatic rings. The highest BCUT2D eigenvalue weighted by molar-refractivity contribution is 7.98. The Morgan fingerprint density at radius 1 is 1.33 bits per heavy atom. The van der Waals surface area contributed by atoms with Crippen LogP contribution in [0.2, 0.25) is 0 Å². The molecule has 0 unspecified atom stereocenters. The summed E-state index contributed by atoms with van der Waals surface area (Å²) in [5.41, 5.74) is 2.15. The molecule has 1 amide bonds. The molecule has 0 saturated heterocycles. The summed E-state index contributed by atoms with van der Waals surface area (Å²) in [6, 6.07) is 7.48. The number of fused-ring (bicyclic) bond motifs is 1. The van der Waals surface area contributed by atoms with Crippen LogP contribution < -0.4 is 5.32 Å². The number of hydrogen-bond acceptors (Lipinski definition) is 6. The van der Waals surface area contributed by atoms with Crippen LogP contribution in [-0.4, -0.2) is 43.2 Å². The van der Waals surface area contributed by atoms with Gasteiger partial charge in [-0.2, -0.15) is 0 Å². The predicted octanol–water partition coefficient (Wildman–Crippen LogP) is 4.28. The Hall–Kier alpha value is -1.83. The average Bonchev–Trinajstić information content (AvgIpc) is 3.04. The van der Waals surface area contributed by atoms with Gasteiger partial charge in [0.05, 0.1) is 18.2 Å². The van der Waals surface area contributed by atoms with Crippen LogP contribution in [0.4, 0.5) is 5.00 Å². The third-order valence-corrected chi connectivity index (χ3v) is 6.57. The second kappa shape index (κ2) is 8.91. The molecule has 0 fully saturated rings. The molecular formula is C20H24N2O3S2. The lowest BCUT2D eigenvalue weighted by Gasteiger charge is -2.26. The Bertz CT molecular complexity index is 848. The van der Waals surface area contributed by atoms with Gasteiger partial charge in [-0.05, 0) is 43.3 Å². The van der Waals surface area contributed by atoms with E-state index < -0.39 is 0 Å². The zero-order chi connectivity index (χ0) is 19.4. The molecule has 0 spiro atoms.